The Kier molecular flexibility index (Phi) is 12.2. The summed E-state index contributed by atoms with van der Waals surface area (Å²) in [5.41, 5.74) is 7.40. The van der Waals surface area contributed by atoms with Crippen molar-refractivity contribution in [2.45, 2.75) is 44.8 Å². The summed E-state index contributed by atoms with van der Waals surface area (Å²) in [6.07, 6.45) is 3.48. The van der Waals surface area contributed by atoms with Gasteiger partial charge in [-0.3, -0.25) is 9.59 Å². The van der Waals surface area contributed by atoms with Gasteiger partial charge in [0.25, 0.3) is 0 Å². The van der Waals surface area contributed by atoms with Crippen molar-refractivity contribution in [3.05, 3.63) is 65.7 Å². The molecule has 8 heteroatoms. The third-order valence-electron chi connectivity index (χ3n) is 6.10. The van der Waals surface area contributed by atoms with E-state index in [4.69, 9.17) is 19.9 Å². The van der Waals surface area contributed by atoms with E-state index in [1.807, 2.05) is 59.5 Å². The molecule has 0 spiro atoms. The number of hydrogen-bond donors (Lipinski definition) is 2. The average molecular weight is 498 g/mol. The molecular formula is C28H39N3O5. The van der Waals surface area contributed by atoms with Crippen molar-refractivity contribution < 1.29 is 23.8 Å². The quantitative estimate of drug-likeness (QED) is 0.367. The number of hydrogen-bond acceptors (Lipinski definition) is 6. The highest BCUT2D eigenvalue weighted by molar-refractivity contribution is 5.81. The molecule has 1 aliphatic heterocycles. The number of carbonyl (C=O) groups excluding carboxylic acids is 2. The summed E-state index contributed by atoms with van der Waals surface area (Å²) in [5.74, 6) is 0.781. The van der Waals surface area contributed by atoms with Crippen molar-refractivity contribution in [2.75, 3.05) is 46.1 Å². The highest BCUT2D eigenvalue weighted by Crippen LogP contribution is 2.22. The van der Waals surface area contributed by atoms with E-state index in [9.17, 15) is 9.59 Å². The summed E-state index contributed by atoms with van der Waals surface area (Å²) in [6.45, 7) is 4.05. The van der Waals surface area contributed by atoms with Crippen molar-refractivity contribution in [3.8, 4) is 5.75 Å². The first-order valence-corrected chi connectivity index (χ1v) is 12.8. The van der Waals surface area contributed by atoms with Crippen LogP contribution in [-0.2, 0) is 32.1 Å². The number of rotatable bonds is 15. The van der Waals surface area contributed by atoms with Gasteiger partial charge < -0.3 is 30.2 Å². The van der Waals surface area contributed by atoms with Gasteiger partial charge in [0.2, 0.25) is 11.8 Å². The van der Waals surface area contributed by atoms with Crippen molar-refractivity contribution in [3.63, 3.8) is 0 Å². The monoisotopic (exact) mass is 497 g/mol. The standard InChI is InChI=1S/C28H39N3O5/c29-13-16-34-18-19-35-17-14-30-27(32)21-25-8-4-5-15-31(25)28(33)20-23-9-11-26(12-10-23)36-22-24-6-2-1-3-7-24/h1-3,6-7,9-12,25H,4-5,8,13-22,29H2,(H,30,32). The van der Waals surface area contributed by atoms with Gasteiger partial charge in [0.15, 0.2) is 0 Å². The van der Waals surface area contributed by atoms with Crippen LogP contribution in [0.25, 0.3) is 0 Å². The molecule has 1 atom stereocenters. The van der Waals surface area contributed by atoms with Gasteiger partial charge in [-0.05, 0) is 42.5 Å². The fraction of sp³-hybridized carbons (Fsp3) is 0.500. The van der Waals surface area contributed by atoms with E-state index in [2.05, 4.69) is 5.32 Å². The van der Waals surface area contributed by atoms with E-state index in [1.54, 1.807) is 0 Å². The molecule has 0 saturated carbocycles. The molecule has 1 aliphatic rings. The third kappa shape index (κ3) is 9.97. The first-order chi connectivity index (χ1) is 17.7. The zero-order valence-corrected chi connectivity index (χ0v) is 21.0. The molecule has 2 aromatic rings. The van der Waals surface area contributed by atoms with E-state index in [-0.39, 0.29) is 17.9 Å². The highest BCUT2D eigenvalue weighted by Gasteiger charge is 2.28. The van der Waals surface area contributed by atoms with Crippen LogP contribution in [0.1, 0.15) is 36.8 Å². The number of benzene rings is 2. The largest absolute Gasteiger partial charge is 0.489 e. The van der Waals surface area contributed by atoms with Gasteiger partial charge in [0.1, 0.15) is 12.4 Å². The molecule has 1 fully saturated rings. The molecule has 0 aliphatic carbocycles. The normalized spacial score (nSPS) is 15.5. The Bertz CT molecular complexity index is 907. The Morgan fingerprint density at radius 3 is 2.42 bits per heavy atom. The molecule has 8 nitrogen and oxygen atoms in total. The lowest BCUT2D eigenvalue weighted by atomic mass is 9.98. The SMILES string of the molecule is NCCOCCOCCNC(=O)CC1CCCCN1C(=O)Cc1ccc(OCc2ccccc2)cc1. The molecule has 0 aromatic heterocycles. The molecule has 1 saturated heterocycles. The molecule has 1 heterocycles. The van der Waals surface area contributed by atoms with Crippen molar-refractivity contribution >= 4 is 11.8 Å². The lowest BCUT2D eigenvalue weighted by Crippen LogP contribution is -2.46. The van der Waals surface area contributed by atoms with Crippen molar-refractivity contribution in [1.29, 1.82) is 0 Å². The van der Waals surface area contributed by atoms with E-state index < -0.39 is 0 Å². The second-order valence-corrected chi connectivity index (χ2v) is 8.90. The molecule has 1 unspecified atom stereocenters. The fourth-order valence-corrected chi connectivity index (χ4v) is 4.22. The molecule has 196 valence electrons. The lowest BCUT2D eigenvalue weighted by molar-refractivity contribution is -0.135. The molecule has 2 aromatic carbocycles. The Balaban J connectivity index is 1.39. The summed E-state index contributed by atoms with van der Waals surface area (Å²) in [5, 5.41) is 2.89. The van der Waals surface area contributed by atoms with E-state index in [0.717, 1.165) is 36.1 Å². The second-order valence-electron chi connectivity index (χ2n) is 8.90. The zero-order valence-electron chi connectivity index (χ0n) is 21.0. The van der Waals surface area contributed by atoms with E-state index in [1.165, 1.54) is 0 Å². The Morgan fingerprint density at radius 2 is 1.67 bits per heavy atom. The van der Waals surface area contributed by atoms with Crippen LogP contribution < -0.4 is 15.8 Å². The number of amides is 2. The number of nitrogens with one attached hydrogen (secondary N) is 1. The number of likely N-dealkylation sites (tertiary alicyclic amines) is 1. The van der Waals surface area contributed by atoms with Crippen LogP contribution in [0.5, 0.6) is 5.75 Å². The maximum absolute atomic E-state index is 13.1. The molecule has 0 radical (unpaired) electrons. The molecular weight excluding hydrogens is 458 g/mol. The van der Waals surface area contributed by atoms with E-state index in [0.29, 0.717) is 65.5 Å². The third-order valence-corrected chi connectivity index (χ3v) is 6.10. The predicted octanol–water partition coefficient (Wildman–Crippen LogP) is 2.69. The summed E-state index contributed by atoms with van der Waals surface area (Å²) in [7, 11) is 0. The number of carbonyl (C=O) groups is 2. The Hall–Kier alpha value is -2.94. The highest BCUT2D eigenvalue weighted by atomic mass is 16.5. The average Bonchev–Trinajstić information content (AvgIpc) is 2.90. The van der Waals surface area contributed by atoms with Crippen LogP contribution in [-0.4, -0.2) is 68.8 Å². The maximum Gasteiger partial charge on any atom is 0.227 e. The minimum absolute atomic E-state index is 0.0531. The van der Waals surface area contributed by atoms with Crippen LogP contribution in [0.3, 0.4) is 0 Å². The number of nitrogens with zero attached hydrogens (tertiary/aromatic N) is 1. The fourth-order valence-electron chi connectivity index (χ4n) is 4.22. The van der Waals surface area contributed by atoms with Gasteiger partial charge in [-0.25, -0.2) is 0 Å². The first kappa shape index (κ1) is 27.6. The van der Waals surface area contributed by atoms with Crippen LogP contribution in [0.4, 0.5) is 0 Å². The Labute approximate surface area is 214 Å². The topological polar surface area (TPSA) is 103 Å². The molecule has 3 N–H and O–H groups in total. The predicted molar refractivity (Wildman–Crippen MR) is 139 cm³/mol. The van der Waals surface area contributed by atoms with Crippen molar-refractivity contribution in [2.24, 2.45) is 5.73 Å². The van der Waals surface area contributed by atoms with Crippen LogP contribution in [0.2, 0.25) is 0 Å². The van der Waals surface area contributed by atoms with Crippen molar-refractivity contribution in [1.82, 2.24) is 10.2 Å². The minimum atomic E-state index is -0.0645. The van der Waals surface area contributed by atoms with Gasteiger partial charge in [-0.1, -0.05) is 42.5 Å². The van der Waals surface area contributed by atoms with Crippen LogP contribution in [0, 0.1) is 0 Å². The van der Waals surface area contributed by atoms with Gasteiger partial charge in [0, 0.05) is 32.1 Å². The lowest BCUT2D eigenvalue weighted by Gasteiger charge is -2.35. The van der Waals surface area contributed by atoms with Gasteiger partial charge in [-0.15, -0.1) is 0 Å². The number of piperidine rings is 1. The van der Waals surface area contributed by atoms with Crippen LogP contribution in [0.15, 0.2) is 54.6 Å². The number of ether oxygens (including phenoxy) is 3. The maximum atomic E-state index is 13.1. The van der Waals surface area contributed by atoms with Gasteiger partial charge in [0.05, 0.1) is 32.8 Å². The molecule has 2 amide bonds. The summed E-state index contributed by atoms with van der Waals surface area (Å²) < 4.78 is 16.5. The Morgan fingerprint density at radius 1 is 0.917 bits per heavy atom. The molecule has 0 bridgehead atoms. The minimum Gasteiger partial charge on any atom is -0.489 e. The summed E-state index contributed by atoms with van der Waals surface area (Å²) in [4.78, 5) is 27.4. The molecule has 36 heavy (non-hydrogen) atoms. The summed E-state index contributed by atoms with van der Waals surface area (Å²) in [6, 6.07) is 17.6. The second kappa shape index (κ2) is 15.9. The van der Waals surface area contributed by atoms with Gasteiger partial charge >= 0.3 is 0 Å². The first-order valence-electron chi connectivity index (χ1n) is 12.8. The molecule has 3 rings (SSSR count). The van der Waals surface area contributed by atoms with Crippen LogP contribution >= 0.6 is 0 Å². The zero-order chi connectivity index (χ0) is 25.4. The smallest absolute Gasteiger partial charge is 0.227 e. The summed E-state index contributed by atoms with van der Waals surface area (Å²) >= 11 is 0. The van der Waals surface area contributed by atoms with E-state index >= 15 is 0 Å². The number of nitrogens with two attached hydrogens (primary N) is 1. The van der Waals surface area contributed by atoms with Gasteiger partial charge in [-0.2, -0.15) is 0 Å².